The second kappa shape index (κ2) is 7.49. The summed E-state index contributed by atoms with van der Waals surface area (Å²) in [4.78, 5) is 12.9. The normalized spacial score (nSPS) is 11.0. The van der Waals surface area contributed by atoms with Gasteiger partial charge in [0.25, 0.3) is 5.91 Å². The summed E-state index contributed by atoms with van der Waals surface area (Å²) in [5.74, 6) is 0.502. The number of rotatable bonds is 4. The summed E-state index contributed by atoms with van der Waals surface area (Å²) in [5, 5.41) is 20.0. The molecule has 0 saturated carbocycles. The number of fused-ring (bicyclic) bond motifs is 1. The van der Waals surface area contributed by atoms with Crippen LogP contribution in [0.15, 0.2) is 72.9 Å². The van der Waals surface area contributed by atoms with Crippen molar-refractivity contribution in [3.05, 3.63) is 90.0 Å². The van der Waals surface area contributed by atoms with E-state index in [0.29, 0.717) is 22.7 Å². The highest BCUT2D eigenvalue weighted by Crippen LogP contribution is 2.22. The lowest BCUT2D eigenvalue weighted by Gasteiger charge is -2.08. The first kappa shape index (κ1) is 18.7. The van der Waals surface area contributed by atoms with Gasteiger partial charge >= 0.3 is 0 Å². The summed E-state index contributed by atoms with van der Waals surface area (Å²) in [6, 6.07) is 21.1. The van der Waals surface area contributed by atoms with E-state index in [0.717, 1.165) is 22.6 Å². The van der Waals surface area contributed by atoms with Gasteiger partial charge in [-0.25, -0.2) is 4.68 Å². The molecule has 0 unspecified atom stereocenters. The minimum absolute atomic E-state index is 0.213. The Morgan fingerprint density at radius 2 is 1.77 bits per heavy atom. The summed E-state index contributed by atoms with van der Waals surface area (Å²) in [5.41, 5.74) is 5.22. The first-order chi connectivity index (χ1) is 15.1. The smallest absolute Gasteiger partial charge is 0.259 e. The zero-order valence-corrected chi connectivity index (χ0v) is 17.0. The molecule has 0 fully saturated rings. The van der Waals surface area contributed by atoms with E-state index in [9.17, 15) is 4.79 Å². The molecule has 5 rings (SSSR count). The van der Waals surface area contributed by atoms with Crippen LogP contribution in [0, 0.1) is 13.8 Å². The van der Waals surface area contributed by atoms with E-state index in [2.05, 4.69) is 25.7 Å². The van der Waals surface area contributed by atoms with Crippen LogP contribution in [0.5, 0.6) is 0 Å². The minimum atomic E-state index is -0.213. The summed E-state index contributed by atoms with van der Waals surface area (Å²) in [6.07, 6.45) is 1.59. The van der Waals surface area contributed by atoms with Crippen molar-refractivity contribution < 1.29 is 4.79 Å². The molecule has 31 heavy (non-hydrogen) atoms. The number of carbonyl (C=O) groups excluding carboxylic acids is 1. The number of aryl methyl sites for hydroxylation is 1. The number of hydrogen-bond acceptors (Lipinski definition) is 5. The fourth-order valence-corrected chi connectivity index (χ4v) is 3.47. The third kappa shape index (κ3) is 3.44. The average molecular weight is 409 g/mol. The average Bonchev–Trinajstić information content (AvgIpc) is 3.37. The number of para-hydroxylation sites is 1. The van der Waals surface area contributed by atoms with Crippen molar-refractivity contribution in [3.8, 4) is 16.9 Å². The Kier molecular flexibility index (Phi) is 4.51. The van der Waals surface area contributed by atoms with Gasteiger partial charge in [0.15, 0.2) is 11.5 Å². The van der Waals surface area contributed by atoms with E-state index in [1.165, 1.54) is 0 Å². The van der Waals surface area contributed by atoms with E-state index in [1.807, 2.05) is 80.6 Å². The lowest BCUT2D eigenvalue weighted by molar-refractivity contribution is 0.102. The van der Waals surface area contributed by atoms with E-state index >= 15 is 0 Å². The number of amides is 1. The van der Waals surface area contributed by atoms with Crippen molar-refractivity contribution in [2.45, 2.75) is 13.8 Å². The number of carbonyl (C=O) groups is 1. The zero-order chi connectivity index (χ0) is 21.4. The molecule has 3 aromatic heterocycles. The van der Waals surface area contributed by atoms with Crippen LogP contribution in [-0.4, -0.2) is 35.5 Å². The SMILES string of the molecule is Cc1c(C(=O)Nc2cccc(-c3ccc4nnc(C)n4n3)c2)cnn1-c1ccccc1. The topological polar surface area (TPSA) is 90.0 Å². The van der Waals surface area contributed by atoms with Crippen LogP contribution in [0.4, 0.5) is 5.69 Å². The van der Waals surface area contributed by atoms with Gasteiger partial charge in [0, 0.05) is 11.3 Å². The summed E-state index contributed by atoms with van der Waals surface area (Å²) in [7, 11) is 0. The molecule has 1 N–H and O–H groups in total. The van der Waals surface area contributed by atoms with Crippen LogP contribution < -0.4 is 5.32 Å². The summed E-state index contributed by atoms with van der Waals surface area (Å²) >= 11 is 0. The van der Waals surface area contributed by atoms with Gasteiger partial charge in [-0.2, -0.15) is 14.7 Å². The molecule has 0 spiro atoms. The van der Waals surface area contributed by atoms with E-state index < -0.39 is 0 Å². The molecular formula is C23H19N7O. The van der Waals surface area contributed by atoms with Crippen LogP contribution in [0.25, 0.3) is 22.6 Å². The molecule has 0 atom stereocenters. The fourth-order valence-electron chi connectivity index (χ4n) is 3.47. The van der Waals surface area contributed by atoms with Crippen LogP contribution >= 0.6 is 0 Å². The molecule has 5 aromatic rings. The number of benzene rings is 2. The summed E-state index contributed by atoms with van der Waals surface area (Å²) in [6.45, 7) is 3.73. The molecule has 2 aromatic carbocycles. The Bertz CT molecular complexity index is 1400. The van der Waals surface area contributed by atoms with Crippen molar-refractivity contribution in [3.63, 3.8) is 0 Å². The van der Waals surface area contributed by atoms with Gasteiger partial charge in [0.2, 0.25) is 0 Å². The molecule has 8 heteroatoms. The highest BCUT2D eigenvalue weighted by Gasteiger charge is 2.16. The van der Waals surface area contributed by atoms with Gasteiger partial charge in [0.1, 0.15) is 0 Å². The Labute approximate surface area is 178 Å². The van der Waals surface area contributed by atoms with Crippen molar-refractivity contribution >= 4 is 17.2 Å². The predicted molar refractivity (Wildman–Crippen MR) is 117 cm³/mol. The van der Waals surface area contributed by atoms with Crippen molar-refractivity contribution in [1.29, 1.82) is 0 Å². The Morgan fingerprint density at radius 3 is 2.61 bits per heavy atom. The molecule has 152 valence electrons. The first-order valence-electron chi connectivity index (χ1n) is 9.81. The number of nitrogens with zero attached hydrogens (tertiary/aromatic N) is 6. The molecule has 1 amide bonds. The molecule has 8 nitrogen and oxygen atoms in total. The van der Waals surface area contributed by atoms with Gasteiger partial charge in [-0.05, 0) is 50.2 Å². The van der Waals surface area contributed by atoms with E-state index in [1.54, 1.807) is 15.4 Å². The molecule has 0 aliphatic heterocycles. The van der Waals surface area contributed by atoms with Crippen molar-refractivity contribution in [2.75, 3.05) is 5.32 Å². The van der Waals surface area contributed by atoms with Crippen molar-refractivity contribution in [2.24, 2.45) is 0 Å². The lowest BCUT2D eigenvalue weighted by atomic mass is 10.1. The molecule has 3 heterocycles. The fraction of sp³-hybridized carbons (Fsp3) is 0.0870. The van der Waals surface area contributed by atoms with Gasteiger partial charge in [-0.1, -0.05) is 30.3 Å². The molecule has 0 aliphatic carbocycles. The van der Waals surface area contributed by atoms with Crippen LogP contribution in [-0.2, 0) is 0 Å². The minimum Gasteiger partial charge on any atom is -0.322 e. The third-order valence-corrected chi connectivity index (χ3v) is 5.09. The summed E-state index contributed by atoms with van der Waals surface area (Å²) < 4.78 is 3.45. The van der Waals surface area contributed by atoms with Gasteiger partial charge < -0.3 is 5.32 Å². The first-order valence-corrected chi connectivity index (χ1v) is 9.81. The van der Waals surface area contributed by atoms with Gasteiger partial charge in [-0.3, -0.25) is 4.79 Å². The molecule has 0 aliphatic rings. The quantitative estimate of drug-likeness (QED) is 0.487. The van der Waals surface area contributed by atoms with Crippen molar-refractivity contribution in [1.82, 2.24) is 29.6 Å². The standard InChI is InChI=1S/C23H19N7O/c1-15-20(14-24-29(15)19-9-4-3-5-10-19)23(31)25-18-8-6-7-17(13-18)21-11-12-22-27-26-16(2)30(22)28-21/h3-14H,1-2H3,(H,25,31). The Hall–Kier alpha value is -4.33. The van der Waals surface area contributed by atoms with Crippen LogP contribution in [0.2, 0.25) is 0 Å². The largest absolute Gasteiger partial charge is 0.322 e. The lowest BCUT2D eigenvalue weighted by Crippen LogP contribution is -2.13. The monoisotopic (exact) mass is 409 g/mol. The van der Waals surface area contributed by atoms with E-state index in [-0.39, 0.29) is 5.91 Å². The predicted octanol–water partition coefficient (Wildman–Crippen LogP) is 3.85. The van der Waals surface area contributed by atoms with Crippen LogP contribution in [0.1, 0.15) is 21.9 Å². The molecule has 0 radical (unpaired) electrons. The second-order valence-corrected chi connectivity index (χ2v) is 7.16. The highest BCUT2D eigenvalue weighted by atomic mass is 16.1. The van der Waals surface area contributed by atoms with Gasteiger partial charge in [0.05, 0.1) is 28.8 Å². The Balaban J connectivity index is 1.41. The van der Waals surface area contributed by atoms with E-state index in [4.69, 9.17) is 0 Å². The molecule has 0 bridgehead atoms. The second-order valence-electron chi connectivity index (χ2n) is 7.16. The van der Waals surface area contributed by atoms with Gasteiger partial charge in [-0.15, -0.1) is 10.2 Å². The maximum Gasteiger partial charge on any atom is 0.259 e. The molecular weight excluding hydrogens is 390 g/mol. The highest BCUT2D eigenvalue weighted by molar-refractivity contribution is 6.05. The molecule has 0 saturated heterocycles. The Morgan fingerprint density at radius 1 is 0.935 bits per heavy atom. The number of anilines is 1. The maximum atomic E-state index is 12.9. The number of hydrogen-bond donors (Lipinski definition) is 1. The number of aromatic nitrogens is 6. The third-order valence-electron chi connectivity index (χ3n) is 5.09. The number of nitrogens with one attached hydrogen (secondary N) is 1. The van der Waals surface area contributed by atoms with Crippen LogP contribution in [0.3, 0.4) is 0 Å². The maximum absolute atomic E-state index is 12.9. The zero-order valence-electron chi connectivity index (χ0n) is 17.0.